The van der Waals surface area contributed by atoms with Crippen molar-refractivity contribution in [2.45, 2.75) is 69.8 Å². The summed E-state index contributed by atoms with van der Waals surface area (Å²) in [6.07, 6.45) is 7.55. The largest absolute Gasteiger partial charge is 0.481 e. The fourth-order valence-corrected chi connectivity index (χ4v) is 5.92. The van der Waals surface area contributed by atoms with Gasteiger partial charge in [0.05, 0.1) is 30.6 Å². The molecule has 194 valence electrons. The molecular formula is C28H32N4O5. The molecule has 0 saturated carbocycles. The number of ether oxygens (including phenoxy) is 1. The van der Waals surface area contributed by atoms with Gasteiger partial charge in [-0.2, -0.15) is 5.26 Å². The standard InChI is InChI=1S/C28H32N4O5/c1-17(2)36-23-7-6-18(14-19(23)15-29)27-30-26(31-37-27)21-4-3-5-22-20(21)10-11-28(22)12-13-32(16-28)24(33)8-9-25(34)35/h3-7,14,17,19,23,27H,8-13,16H2,1-2H3,(H,30,31)(H,34,35). The summed E-state index contributed by atoms with van der Waals surface area (Å²) in [5, 5.41) is 26.3. The van der Waals surface area contributed by atoms with Crippen LogP contribution >= 0.6 is 0 Å². The van der Waals surface area contributed by atoms with Crippen molar-refractivity contribution in [2.75, 3.05) is 13.1 Å². The maximum absolute atomic E-state index is 12.6. The minimum Gasteiger partial charge on any atom is -0.481 e. The van der Waals surface area contributed by atoms with Crippen molar-refractivity contribution in [3.05, 3.63) is 58.7 Å². The van der Waals surface area contributed by atoms with E-state index in [1.165, 1.54) is 11.1 Å². The minimum atomic E-state index is -0.949. The first-order valence-corrected chi connectivity index (χ1v) is 12.9. The number of benzene rings is 1. The summed E-state index contributed by atoms with van der Waals surface area (Å²) < 4.78 is 5.84. The molecule has 5 rings (SSSR count). The number of rotatable bonds is 7. The second kappa shape index (κ2) is 10.0. The van der Waals surface area contributed by atoms with E-state index in [1.54, 1.807) is 0 Å². The third-order valence-electron chi connectivity index (χ3n) is 7.72. The van der Waals surface area contributed by atoms with Gasteiger partial charge in [-0.05, 0) is 44.2 Å². The Morgan fingerprint density at radius 2 is 2.19 bits per heavy atom. The zero-order valence-electron chi connectivity index (χ0n) is 21.1. The molecule has 0 radical (unpaired) electrons. The highest BCUT2D eigenvalue weighted by Crippen LogP contribution is 2.46. The third-order valence-corrected chi connectivity index (χ3v) is 7.72. The smallest absolute Gasteiger partial charge is 0.303 e. The molecule has 1 fully saturated rings. The summed E-state index contributed by atoms with van der Waals surface area (Å²) in [5.74, 6) is -0.780. The molecule has 9 nitrogen and oxygen atoms in total. The van der Waals surface area contributed by atoms with Crippen molar-refractivity contribution in [2.24, 2.45) is 11.1 Å². The molecule has 2 N–H and O–H groups in total. The Balaban J connectivity index is 1.29. The number of nitrogens with one attached hydrogen (secondary N) is 1. The van der Waals surface area contributed by atoms with E-state index in [0.717, 1.165) is 30.4 Å². The van der Waals surface area contributed by atoms with Crippen molar-refractivity contribution in [3.8, 4) is 6.07 Å². The van der Waals surface area contributed by atoms with Gasteiger partial charge in [0.1, 0.15) is 0 Å². The second-order valence-corrected chi connectivity index (χ2v) is 10.5. The quantitative estimate of drug-likeness (QED) is 0.585. The van der Waals surface area contributed by atoms with Crippen molar-refractivity contribution >= 4 is 17.7 Å². The van der Waals surface area contributed by atoms with E-state index in [9.17, 15) is 14.9 Å². The summed E-state index contributed by atoms with van der Waals surface area (Å²) in [4.78, 5) is 31.0. The lowest BCUT2D eigenvalue weighted by atomic mass is 9.81. The van der Waals surface area contributed by atoms with Crippen molar-refractivity contribution in [1.29, 1.82) is 5.26 Å². The van der Waals surface area contributed by atoms with Crippen molar-refractivity contribution in [1.82, 2.24) is 10.2 Å². The topological polar surface area (TPSA) is 124 Å². The Morgan fingerprint density at radius 1 is 1.35 bits per heavy atom. The van der Waals surface area contributed by atoms with Gasteiger partial charge in [0.25, 0.3) is 0 Å². The molecule has 4 unspecified atom stereocenters. The summed E-state index contributed by atoms with van der Waals surface area (Å²) in [7, 11) is 0. The predicted molar refractivity (Wildman–Crippen MR) is 135 cm³/mol. The fraction of sp³-hybridized carbons (Fsp3) is 0.500. The molecule has 2 aliphatic heterocycles. The number of amidine groups is 1. The van der Waals surface area contributed by atoms with Crippen LogP contribution in [0.4, 0.5) is 0 Å². The number of carbonyl (C=O) groups is 2. The monoisotopic (exact) mass is 504 g/mol. The maximum atomic E-state index is 12.6. The molecule has 1 aromatic rings. The molecule has 1 spiro atoms. The molecule has 2 aliphatic carbocycles. The number of hydrogen-bond acceptors (Lipinski definition) is 7. The molecule has 2 heterocycles. The van der Waals surface area contributed by atoms with Crippen LogP contribution in [0, 0.1) is 17.2 Å². The molecule has 9 heteroatoms. The van der Waals surface area contributed by atoms with Crippen LogP contribution in [0.2, 0.25) is 0 Å². The lowest BCUT2D eigenvalue weighted by Crippen LogP contribution is -2.34. The number of nitrogens with zero attached hydrogens (tertiary/aromatic N) is 3. The van der Waals surface area contributed by atoms with E-state index < -0.39 is 18.1 Å². The SMILES string of the molecule is CC(C)OC1C=CC(C2NC(c3cccc4c3CCC43CCN(C(=O)CCC(=O)O)C3)=NO2)=CC1C#N. The number of nitriles is 1. The first-order chi connectivity index (χ1) is 17.8. The number of likely N-dealkylation sites (tertiary alicyclic amines) is 1. The number of amides is 1. The van der Waals surface area contributed by atoms with Gasteiger partial charge in [0.2, 0.25) is 12.1 Å². The van der Waals surface area contributed by atoms with Crippen LogP contribution in [0.15, 0.2) is 47.2 Å². The van der Waals surface area contributed by atoms with Crippen LogP contribution in [0.3, 0.4) is 0 Å². The Hall–Kier alpha value is -3.64. The molecule has 0 aromatic heterocycles. The van der Waals surface area contributed by atoms with Gasteiger partial charge in [-0.1, -0.05) is 41.6 Å². The Kier molecular flexibility index (Phi) is 6.78. The number of fused-ring (bicyclic) bond motifs is 2. The summed E-state index contributed by atoms with van der Waals surface area (Å²) in [6.45, 7) is 5.17. The zero-order chi connectivity index (χ0) is 26.2. The number of aliphatic carboxylic acids is 1. The molecule has 1 saturated heterocycles. The zero-order valence-corrected chi connectivity index (χ0v) is 21.1. The molecule has 37 heavy (non-hydrogen) atoms. The number of oxime groups is 1. The fourth-order valence-electron chi connectivity index (χ4n) is 5.92. The summed E-state index contributed by atoms with van der Waals surface area (Å²) in [5.41, 5.74) is 4.17. The Bertz CT molecular complexity index is 1230. The summed E-state index contributed by atoms with van der Waals surface area (Å²) in [6, 6.07) is 8.51. The summed E-state index contributed by atoms with van der Waals surface area (Å²) >= 11 is 0. The van der Waals surface area contributed by atoms with E-state index in [-0.39, 0.29) is 36.4 Å². The highest BCUT2D eigenvalue weighted by atomic mass is 16.7. The maximum Gasteiger partial charge on any atom is 0.303 e. The third kappa shape index (κ3) is 4.86. The molecule has 4 aliphatic rings. The average molecular weight is 505 g/mol. The van der Waals surface area contributed by atoms with Crippen LogP contribution in [0.1, 0.15) is 56.2 Å². The van der Waals surface area contributed by atoms with E-state index in [0.29, 0.717) is 18.9 Å². The lowest BCUT2D eigenvalue weighted by molar-refractivity contribution is -0.140. The first-order valence-electron chi connectivity index (χ1n) is 12.9. The van der Waals surface area contributed by atoms with Crippen LogP contribution in [0.25, 0.3) is 0 Å². The van der Waals surface area contributed by atoms with Crippen LogP contribution < -0.4 is 5.32 Å². The van der Waals surface area contributed by atoms with Crippen molar-refractivity contribution in [3.63, 3.8) is 0 Å². The van der Waals surface area contributed by atoms with E-state index in [1.807, 2.05) is 49.1 Å². The van der Waals surface area contributed by atoms with Crippen LogP contribution in [-0.4, -0.2) is 59.2 Å². The van der Waals surface area contributed by atoms with E-state index in [4.69, 9.17) is 14.7 Å². The molecule has 1 aromatic carbocycles. The molecule has 1 amide bonds. The van der Waals surface area contributed by atoms with Gasteiger partial charge in [0, 0.05) is 36.1 Å². The predicted octanol–water partition coefficient (Wildman–Crippen LogP) is 3.00. The molecular weight excluding hydrogens is 472 g/mol. The van der Waals surface area contributed by atoms with Crippen molar-refractivity contribution < 1.29 is 24.3 Å². The highest BCUT2D eigenvalue weighted by Gasteiger charge is 2.46. The first kappa shape index (κ1) is 25.0. The van der Waals surface area contributed by atoms with E-state index >= 15 is 0 Å². The highest BCUT2D eigenvalue weighted by molar-refractivity contribution is 6.01. The van der Waals surface area contributed by atoms with E-state index in [2.05, 4.69) is 22.6 Å². The number of carbonyl (C=O) groups excluding carboxylic acids is 1. The average Bonchev–Trinajstić information content (AvgIpc) is 3.62. The minimum absolute atomic E-state index is 0.0227. The normalized spacial score (nSPS) is 27.9. The molecule has 0 bridgehead atoms. The Labute approximate surface area is 216 Å². The number of carboxylic acid groups (broad SMARTS) is 1. The van der Waals surface area contributed by atoms with Crippen LogP contribution in [0.5, 0.6) is 0 Å². The van der Waals surface area contributed by atoms with Gasteiger partial charge in [0.15, 0.2) is 5.84 Å². The van der Waals surface area contributed by atoms with Gasteiger partial charge >= 0.3 is 5.97 Å². The second-order valence-electron chi connectivity index (χ2n) is 10.5. The number of carboxylic acids is 1. The van der Waals surface area contributed by atoms with Gasteiger partial charge in [-0.15, -0.1) is 0 Å². The molecule has 4 atom stereocenters. The number of hydrogen-bond donors (Lipinski definition) is 2. The van der Waals surface area contributed by atoms with Gasteiger partial charge in [-0.25, -0.2) is 0 Å². The van der Waals surface area contributed by atoms with Gasteiger partial charge in [-0.3, -0.25) is 9.59 Å². The lowest BCUT2D eigenvalue weighted by Gasteiger charge is -2.26. The Morgan fingerprint density at radius 3 is 2.95 bits per heavy atom. The van der Waals surface area contributed by atoms with Gasteiger partial charge < -0.3 is 24.9 Å². The van der Waals surface area contributed by atoms with Crippen LogP contribution in [-0.2, 0) is 31.0 Å².